The normalized spacial score (nSPS) is 12.3. The van der Waals surface area contributed by atoms with Crippen molar-refractivity contribution in [3.8, 4) is 0 Å². The van der Waals surface area contributed by atoms with Gasteiger partial charge < -0.3 is 10.3 Å². The third kappa shape index (κ3) is 2.10. The van der Waals surface area contributed by atoms with Crippen LogP contribution in [-0.4, -0.2) is 21.1 Å². The Hall–Kier alpha value is -1.63. The van der Waals surface area contributed by atoms with Gasteiger partial charge in [0.1, 0.15) is 5.52 Å². The number of hydrogen-bond acceptors (Lipinski definition) is 3. The molecule has 2 aromatic rings. The Balaban J connectivity index is 2.70. The minimum Gasteiger partial charge on any atom is -0.329 e. The topological polar surface area (TPSA) is 56.7 Å². The van der Waals surface area contributed by atoms with Crippen LogP contribution in [0.3, 0.4) is 0 Å². The van der Waals surface area contributed by atoms with E-state index in [1.165, 1.54) is 6.20 Å². The van der Waals surface area contributed by atoms with Crippen LogP contribution in [0.25, 0.3) is 11.2 Å². The van der Waals surface area contributed by atoms with E-state index in [0.29, 0.717) is 0 Å². The predicted octanol–water partition coefficient (Wildman–Crippen LogP) is 1.72. The molecule has 0 amide bonds. The van der Waals surface area contributed by atoms with Crippen LogP contribution in [0, 0.1) is 6.92 Å². The number of aromatic nitrogens is 3. The lowest BCUT2D eigenvalue weighted by molar-refractivity contribution is -0.146. The molecule has 2 N–H and O–H groups in total. The van der Waals surface area contributed by atoms with Crippen molar-refractivity contribution in [2.75, 3.05) is 6.54 Å². The molecule has 0 aliphatic carbocycles. The average molecular weight is 244 g/mol. The molecule has 0 atom stereocenters. The highest BCUT2D eigenvalue weighted by Gasteiger charge is 2.37. The summed E-state index contributed by atoms with van der Waals surface area (Å²) >= 11 is 0. The molecule has 0 saturated carbocycles. The summed E-state index contributed by atoms with van der Waals surface area (Å²) in [4.78, 5) is 7.56. The van der Waals surface area contributed by atoms with Crippen molar-refractivity contribution < 1.29 is 13.2 Å². The summed E-state index contributed by atoms with van der Waals surface area (Å²) < 4.78 is 39.3. The molecular weight excluding hydrogens is 233 g/mol. The maximum atomic E-state index is 12.8. The fourth-order valence-corrected chi connectivity index (χ4v) is 1.67. The molecule has 0 spiro atoms. The van der Waals surface area contributed by atoms with E-state index >= 15 is 0 Å². The third-order valence-electron chi connectivity index (χ3n) is 2.33. The smallest absolute Gasteiger partial charge is 0.329 e. The first-order chi connectivity index (χ1) is 7.93. The summed E-state index contributed by atoms with van der Waals surface area (Å²) in [6.07, 6.45) is -2.99. The van der Waals surface area contributed by atoms with Crippen LogP contribution >= 0.6 is 0 Å². The maximum Gasteiger partial charge on any atom is 0.449 e. The van der Waals surface area contributed by atoms with Gasteiger partial charge in [0, 0.05) is 19.3 Å². The summed E-state index contributed by atoms with van der Waals surface area (Å²) in [6.45, 7) is 1.90. The van der Waals surface area contributed by atoms with Crippen LogP contribution in [0.4, 0.5) is 13.2 Å². The van der Waals surface area contributed by atoms with Gasteiger partial charge in [-0.2, -0.15) is 13.2 Å². The van der Waals surface area contributed by atoms with Crippen molar-refractivity contribution in [2.24, 2.45) is 5.73 Å². The van der Waals surface area contributed by atoms with Gasteiger partial charge in [-0.3, -0.25) is 0 Å². The zero-order valence-electron chi connectivity index (χ0n) is 9.12. The molecule has 7 heteroatoms. The Morgan fingerprint density at radius 2 is 2.12 bits per heavy atom. The van der Waals surface area contributed by atoms with Crippen molar-refractivity contribution in [1.82, 2.24) is 14.5 Å². The fourth-order valence-electron chi connectivity index (χ4n) is 1.67. The lowest BCUT2D eigenvalue weighted by Gasteiger charge is -2.09. The lowest BCUT2D eigenvalue weighted by atomic mass is 10.3. The number of imidazole rings is 1. The number of aryl methyl sites for hydroxylation is 1. The van der Waals surface area contributed by atoms with E-state index in [2.05, 4.69) is 9.97 Å². The van der Waals surface area contributed by atoms with Crippen molar-refractivity contribution >= 4 is 11.2 Å². The highest BCUT2D eigenvalue weighted by atomic mass is 19.4. The molecule has 17 heavy (non-hydrogen) atoms. The SMILES string of the molecule is Cc1cnc2c(c1)nc(C(F)(F)F)n2CCN. The van der Waals surface area contributed by atoms with Gasteiger partial charge in [-0.1, -0.05) is 0 Å². The number of pyridine rings is 1. The Bertz CT molecular complexity index is 544. The van der Waals surface area contributed by atoms with Gasteiger partial charge in [0.15, 0.2) is 5.65 Å². The molecule has 0 aliphatic rings. The van der Waals surface area contributed by atoms with Crippen molar-refractivity contribution in [1.29, 1.82) is 0 Å². The van der Waals surface area contributed by atoms with Crippen LogP contribution in [0.1, 0.15) is 11.4 Å². The standard InChI is InChI=1S/C10H11F3N4/c1-6-4-7-8(15-5-6)17(3-2-14)9(16-7)10(11,12)13/h4-5H,2-3,14H2,1H3. The average Bonchev–Trinajstić information content (AvgIpc) is 2.56. The van der Waals surface area contributed by atoms with E-state index in [1.807, 2.05) is 0 Å². The molecule has 0 unspecified atom stereocenters. The first-order valence-corrected chi connectivity index (χ1v) is 5.03. The Morgan fingerprint density at radius 1 is 1.41 bits per heavy atom. The first kappa shape index (κ1) is 11.8. The maximum absolute atomic E-state index is 12.8. The number of alkyl halides is 3. The summed E-state index contributed by atoms with van der Waals surface area (Å²) in [7, 11) is 0. The predicted molar refractivity (Wildman–Crippen MR) is 56.3 cm³/mol. The molecule has 2 rings (SSSR count). The van der Waals surface area contributed by atoms with Gasteiger partial charge in [0.05, 0.1) is 0 Å². The number of fused-ring (bicyclic) bond motifs is 1. The molecule has 0 radical (unpaired) electrons. The second-order valence-electron chi connectivity index (χ2n) is 3.73. The Morgan fingerprint density at radius 3 is 2.71 bits per heavy atom. The largest absolute Gasteiger partial charge is 0.449 e. The van der Waals surface area contributed by atoms with Crippen LogP contribution in [-0.2, 0) is 12.7 Å². The molecule has 2 heterocycles. The van der Waals surface area contributed by atoms with Crippen LogP contribution in [0.5, 0.6) is 0 Å². The molecular formula is C10H11F3N4. The zero-order valence-corrected chi connectivity index (χ0v) is 9.12. The van der Waals surface area contributed by atoms with Crippen molar-refractivity contribution in [2.45, 2.75) is 19.6 Å². The van der Waals surface area contributed by atoms with E-state index in [1.54, 1.807) is 13.0 Å². The quantitative estimate of drug-likeness (QED) is 0.875. The van der Waals surface area contributed by atoms with E-state index in [0.717, 1.165) is 10.1 Å². The highest BCUT2D eigenvalue weighted by Crippen LogP contribution is 2.30. The minimum absolute atomic E-state index is 0.0431. The van der Waals surface area contributed by atoms with Gasteiger partial charge in [-0.05, 0) is 18.6 Å². The third-order valence-corrected chi connectivity index (χ3v) is 2.33. The van der Waals surface area contributed by atoms with Gasteiger partial charge in [-0.15, -0.1) is 0 Å². The summed E-state index contributed by atoms with van der Waals surface area (Å²) in [5.41, 5.74) is 6.53. The Kier molecular flexibility index (Phi) is 2.78. The van der Waals surface area contributed by atoms with E-state index in [-0.39, 0.29) is 24.3 Å². The second kappa shape index (κ2) is 3.99. The summed E-state index contributed by atoms with van der Waals surface area (Å²) in [6, 6.07) is 1.57. The summed E-state index contributed by atoms with van der Waals surface area (Å²) in [5, 5.41) is 0. The number of nitrogens with two attached hydrogens (primary N) is 1. The number of hydrogen-bond donors (Lipinski definition) is 1. The highest BCUT2D eigenvalue weighted by molar-refractivity contribution is 5.72. The molecule has 92 valence electrons. The van der Waals surface area contributed by atoms with E-state index < -0.39 is 12.0 Å². The molecule has 0 fully saturated rings. The van der Waals surface area contributed by atoms with Crippen molar-refractivity contribution in [3.05, 3.63) is 23.7 Å². The van der Waals surface area contributed by atoms with Gasteiger partial charge in [0.2, 0.25) is 5.82 Å². The number of rotatable bonds is 2. The van der Waals surface area contributed by atoms with Gasteiger partial charge in [-0.25, -0.2) is 9.97 Å². The summed E-state index contributed by atoms with van der Waals surface area (Å²) in [5.74, 6) is -0.948. The molecule has 0 aliphatic heterocycles. The number of halogens is 3. The molecule has 4 nitrogen and oxygen atoms in total. The first-order valence-electron chi connectivity index (χ1n) is 5.03. The van der Waals surface area contributed by atoms with E-state index in [4.69, 9.17) is 5.73 Å². The monoisotopic (exact) mass is 244 g/mol. The zero-order chi connectivity index (χ0) is 12.6. The van der Waals surface area contributed by atoms with Crippen molar-refractivity contribution in [3.63, 3.8) is 0 Å². The van der Waals surface area contributed by atoms with Gasteiger partial charge >= 0.3 is 6.18 Å². The van der Waals surface area contributed by atoms with Crippen LogP contribution < -0.4 is 5.73 Å². The lowest BCUT2D eigenvalue weighted by Crippen LogP contribution is -2.19. The number of nitrogens with zero attached hydrogens (tertiary/aromatic N) is 3. The fraction of sp³-hybridized carbons (Fsp3) is 0.400. The molecule has 2 aromatic heterocycles. The Labute approximate surface area is 95.3 Å². The van der Waals surface area contributed by atoms with Gasteiger partial charge in [0.25, 0.3) is 0 Å². The van der Waals surface area contributed by atoms with E-state index in [9.17, 15) is 13.2 Å². The van der Waals surface area contributed by atoms with Crippen LogP contribution in [0.2, 0.25) is 0 Å². The second-order valence-corrected chi connectivity index (χ2v) is 3.73. The van der Waals surface area contributed by atoms with Crippen LogP contribution in [0.15, 0.2) is 12.3 Å². The molecule has 0 bridgehead atoms. The minimum atomic E-state index is -4.50. The molecule has 0 aromatic carbocycles. The molecule has 0 saturated heterocycles.